The van der Waals surface area contributed by atoms with Gasteiger partial charge in [0.1, 0.15) is 5.58 Å². The number of anilines is 3. The van der Waals surface area contributed by atoms with Gasteiger partial charge in [-0.25, -0.2) is 4.98 Å². The molecule has 0 saturated carbocycles. The molecule has 0 radical (unpaired) electrons. The Balaban J connectivity index is 1.21. The molecule has 3 nitrogen and oxygen atoms in total. The normalized spacial score (nSPS) is 11.3. The molecule has 226 valence electrons. The van der Waals surface area contributed by atoms with Gasteiger partial charge in [0, 0.05) is 33.1 Å². The van der Waals surface area contributed by atoms with Crippen molar-refractivity contribution in [3.8, 4) is 33.4 Å². The quantitative estimate of drug-likeness (QED) is 0.187. The minimum atomic E-state index is 0.661. The van der Waals surface area contributed by atoms with Crippen LogP contribution in [0.4, 0.5) is 17.1 Å². The lowest BCUT2D eigenvalue weighted by molar-refractivity contribution is 0.656. The maximum atomic E-state index is 6.11. The summed E-state index contributed by atoms with van der Waals surface area (Å²) >= 11 is 0. The molecule has 2 heterocycles. The molecule has 0 fully saturated rings. The minimum Gasteiger partial charge on any atom is -0.438 e. The summed E-state index contributed by atoms with van der Waals surface area (Å²) in [6, 6.07) is 64.2. The highest BCUT2D eigenvalue weighted by Gasteiger charge is 2.19. The average molecular weight is 615 g/mol. The number of hydrogen-bond acceptors (Lipinski definition) is 3. The van der Waals surface area contributed by atoms with E-state index in [9.17, 15) is 0 Å². The molecule has 7 aromatic carbocycles. The SMILES string of the molecule is c1ccc(-c2ccc(-c3cccc(N(c4ccc5nc6oc7ccccc7c6cc5c4)c4ccccc4-c4ccccc4)c3)cc2)cc1. The van der Waals surface area contributed by atoms with E-state index in [1.807, 2.05) is 18.2 Å². The lowest BCUT2D eigenvalue weighted by Gasteiger charge is -2.28. The predicted molar refractivity (Wildman–Crippen MR) is 200 cm³/mol. The molecular weight excluding hydrogens is 585 g/mol. The second-order valence-corrected chi connectivity index (χ2v) is 12.0. The first-order chi connectivity index (χ1) is 23.8. The highest BCUT2D eigenvalue weighted by atomic mass is 16.3. The molecule has 0 unspecified atom stereocenters. The minimum absolute atomic E-state index is 0.661. The molecular formula is C45H30N2O. The Morgan fingerprint density at radius 3 is 1.85 bits per heavy atom. The van der Waals surface area contributed by atoms with Gasteiger partial charge in [0.15, 0.2) is 0 Å². The van der Waals surface area contributed by atoms with Gasteiger partial charge in [0.25, 0.3) is 0 Å². The van der Waals surface area contributed by atoms with Gasteiger partial charge in [-0.15, -0.1) is 0 Å². The largest absolute Gasteiger partial charge is 0.438 e. The number of benzene rings is 7. The predicted octanol–water partition coefficient (Wildman–Crippen LogP) is 12.6. The van der Waals surface area contributed by atoms with E-state index in [1.54, 1.807) is 0 Å². The van der Waals surface area contributed by atoms with Crippen LogP contribution in [0.3, 0.4) is 0 Å². The highest BCUT2D eigenvalue weighted by Crippen LogP contribution is 2.43. The van der Waals surface area contributed by atoms with Crippen molar-refractivity contribution in [2.24, 2.45) is 0 Å². The number of para-hydroxylation sites is 2. The van der Waals surface area contributed by atoms with Crippen LogP contribution < -0.4 is 4.90 Å². The lowest BCUT2D eigenvalue weighted by Crippen LogP contribution is -2.11. The van der Waals surface area contributed by atoms with Crippen molar-refractivity contribution >= 4 is 50.0 Å². The lowest BCUT2D eigenvalue weighted by atomic mass is 9.99. The van der Waals surface area contributed by atoms with Gasteiger partial charge < -0.3 is 9.32 Å². The zero-order valence-electron chi connectivity index (χ0n) is 26.1. The van der Waals surface area contributed by atoms with E-state index in [1.165, 1.54) is 22.3 Å². The number of aromatic nitrogens is 1. The standard InChI is InChI=1S/C45H30N2O/c1-3-12-31(13-4-1)32-22-24-33(25-23-32)35-16-11-17-37(28-35)47(43-20-9-7-18-39(43)34-14-5-2-6-15-34)38-26-27-42-36(29-38)30-41-40-19-8-10-21-44(40)48-45(41)46-42/h1-30H. The maximum Gasteiger partial charge on any atom is 0.227 e. The summed E-state index contributed by atoms with van der Waals surface area (Å²) in [6.45, 7) is 0. The first-order valence-corrected chi connectivity index (χ1v) is 16.2. The zero-order valence-corrected chi connectivity index (χ0v) is 26.1. The van der Waals surface area contributed by atoms with Crippen molar-refractivity contribution in [2.75, 3.05) is 4.90 Å². The summed E-state index contributed by atoms with van der Waals surface area (Å²) in [4.78, 5) is 7.29. The molecule has 0 aliphatic carbocycles. The Labute approximate surface area is 279 Å². The summed E-state index contributed by atoms with van der Waals surface area (Å²) in [6.07, 6.45) is 0. The van der Waals surface area contributed by atoms with E-state index in [4.69, 9.17) is 9.40 Å². The van der Waals surface area contributed by atoms with Crippen LogP contribution in [0.2, 0.25) is 0 Å². The molecule has 0 aliphatic heterocycles. The number of nitrogens with zero attached hydrogens (tertiary/aromatic N) is 2. The van der Waals surface area contributed by atoms with Gasteiger partial charge in [-0.2, -0.15) is 0 Å². The van der Waals surface area contributed by atoms with Crippen LogP contribution in [0.15, 0.2) is 186 Å². The molecule has 0 bridgehead atoms. The monoisotopic (exact) mass is 614 g/mol. The van der Waals surface area contributed by atoms with Gasteiger partial charge in [-0.1, -0.05) is 133 Å². The molecule has 0 saturated heterocycles. The highest BCUT2D eigenvalue weighted by molar-refractivity contribution is 6.08. The molecule has 0 atom stereocenters. The van der Waals surface area contributed by atoms with E-state index in [2.05, 4.69) is 169 Å². The van der Waals surface area contributed by atoms with Crippen LogP contribution in [0.25, 0.3) is 66.4 Å². The second kappa shape index (κ2) is 11.7. The van der Waals surface area contributed by atoms with Crippen molar-refractivity contribution in [2.45, 2.75) is 0 Å². The van der Waals surface area contributed by atoms with E-state index in [-0.39, 0.29) is 0 Å². The van der Waals surface area contributed by atoms with E-state index < -0.39 is 0 Å². The third-order valence-electron chi connectivity index (χ3n) is 9.06. The van der Waals surface area contributed by atoms with Gasteiger partial charge in [0.2, 0.25) is 5.71 Å². The van der Waals surface area contributed by atoms with Gasteiger partial charge in [-0.05, 0) is 76.3 Å². The fraction of sp³-hybridized carbons (Fsp3) is 0. The van der Waals surface area contributed by atoms with Crippen LogP contribution in [0, 0.1) is 0 Å². The molecule has 2 aromatic heterocycles. The van der Waals surface area contributed by atoms with Crippen LogP contribution in [-0.4, -0.2) is 4.98 Å². The Bertz CT molecular complexity index is 2550. The third kappa shape index (κ3) is 4.99. The number of fused-ring (bicyclic) bond motifs is 4. The fourth-order valence-electron chi connectivity index (χ4n) is 6.71. The van der Waals surface area contributed by atoms with E-state index >= 15 is 0 Å². The van der Waals surface area contributed by atoms with Crippen LogP contribution in [-0.2, 0) is 0 Å². The van der Waals surface area contributed by atoms with E-state index in [0.717, 1.165) is 55.4 Å². The van der Waals surface area contributed by atoms with Crippen LogP contribution in [0.5, 0.6) is 0 Å². The van der Waals surface area contributed by atoms with Gasteiger partial charge in [-0.3, -0.25) is 0 Å². The summed E-state index contributed by atoms with van der Waals surface area (Å²) in [5.41, 5.74) is 12.7. The molecule has 0 spiro atoms. The number of furan rings is 1. The smallest absolute Gasteiger partial charge is 0.227 e. The maximum absolute atomic E-state index is 6.11. The number of pyridine rings is 1. The zero-order chi connectivity index (χ0) is 31.9. The van der Waals surface area contributed by atoms with Crippen molar-refractivity contribution in [1.82, 2.24) is 4.98 Å². The molecule has 3 heteroatoms. The fourth-order valence-corrected chi connectivity index (χ4v) is 6.71. The molecule has 9 rings (SSSR count). The summed E-state index contributed by atoms with van der Waals surface area (Å²) in [5.74, 6) is 0. The number of hydrogen-bond donors (Lipinski definition) is 0. The van der Waals surface area contributed by atoms with Gasteiger partial charge >= 0.3 is 0 Å². The Morgan fingerprint density at radius 2 is 1.04 bits per heavy atom. The Kier molecular flexibility index (Phi) is 6.80. The number of rotatable bonds is 6. The van der Waals surface area contributed by atoms with Crippen LogP contribution in [0.1, 0.15) is 0 Å². The summed E-state index contributed by atoms with van der Waals surface area (Å²) in [7, 11) is 0. The van der Waals surface area contributed by atoms with E-state index in [0.29, 0.717) is 5.71 Å². The van der Waals surface area contributed by atoms with Crippen molar-refractivity contribution in [1.29, 1.82) is 0 Å². The Hall–Kier alpha value is -6.45. The topological polar surface area (TPSA) is 29.3 Å². The molecule has 9 aromatic rings. The molecule has 0 N–H and O–H groups in total. The Morgan fingerprint density at radius 1 is 0.417 bits per heavy atom. The van der Waals surface area contributed by atoms with Crippen molar-refractivity contribution in [3.05, 3.63) is 182 Å². The molecule has 0 aliphatic rings. The summed E-state index contributed by atoms with van der Waals surface area (Å²) in [5, 5.41) is 3.15. The molecule has 0 amide bonds. The summed E-state index contributed by atoms with van der Waals surface area (Å²) < 4.78 is 6.11. The molecule has 48 heavy (non-hydrogen) atoms. The van der Waals surface area contributed by atoms with Crippen LogP contribution >= 0.6 is 0 Å². The third-order valence-corrected chi connectivity index (χ3v) is 9.06. The van der Waals surface area contributed by atoms with Crippen molar-refractivity contribution in [3.63, 3.8) is 0 Å². The van der Waals surface area contributed by atoms with Crippen molar-refractivity contribution < 1.29 is 4.42 Å². The first-order valence-electron chi connectivity index (χ1n) is 16.2. The van der Waals surface area contributed by atoms with Gasteiger partial charge in [0.05, 0.1) is 11.2 Å². The second-order valence-electron chi connectivity index (χ2n) is 12.0. The first kappa shape index (κ1) is 27.8. The average Bonchev–Trinajstić information content (AvgIpc) is 3.52.